The van der Waals surface area contributed by atoms with Crippen LogP contribution in [-0.4, -0.2) is 21.3 Å². The number of rotatable bonds is 3. The second-order valence-corrected chi connectivity index (χ2v) is 6.88. The molecule has 0 aliphatic carbocycles. The Kier molecular flexibility index (Phi) is 4.08. The molecule has 3 aromatic rings. The normalized spacial score (nSPS) is 11.4. The lowest BCUT2D eigenvalue weighted by Gasteiger charge is -2.03. The van der Waals surface area contributed by atoms with Crippen molar-refractivity contribution in [3.05, 3.63) is 45.0 Å². The van der Waals surface area contributed by atoms with Crippen LogP contribution in [0.15, 0.2) is 34.1 Å². The summed E-state index contributed by atoms with van der Waals surface area (Å²) in [7, 11) is 0. The smallest absolute Gasteiger partial charge is 0.158 e. The number of aromatic nitrogens is 2. The van der Waals surface area contributed by atoms with Crippen molar-refractivity contribution in [3.8, 4) is 5.75 Å². The van der Waals surface area contributed by atoms with Crippen molar-refractivity contribution in [2.75, 3.05) is 5.43 Å². The highest BCUT2D eigenvalue weighted by Gasteiger charge is 2.11. The van der Waals surface area contributed by atoms with E-state index in [-0.39, 0.29) is 5.75 Å². The summed E-state index contributed by atoms with van der Waals surface area (Å²) in [4.78, 5) is 10.7. The number of hydrogen-bond donors (Lipinski definition) is 2. The Morgan fingerprint density at radius 2 is 2.14 bits per heavy atom. The first kappa shape index (κ1) is 14.9. The van der Waals surface area contributed by atoms with Crippen molar-refractivity contribution in [2.24, 2.45) is 5.10 Å². The first-order valence-corrected chi connectivity index (χ1v) is 8.15. The van der Waals surface area contributed by atoms with Gasteiger partial charge in [-0.1, -0.05) is 15.9 Å². The van der Waals surface area contributed by atoms with Crippen molar-refractivity contribution < 1.29 is 5.11 Å². The van der Waals surface area contributed by atoms with Crippen LogP contribution in [0.4, 0.5) is 5.82 Å². The van der Waals surface area contributed by atoms with Gasteiger partial charge in [-0.3, -0.25) is 5.43 Å². The van der Waals surface area contributed by atoms with Crippen LogP contribution in [0.2, 0.25) is 0 Å². The number of aromatic hydroxyl groups is 1. The molecule has 0 amide bonds. The Morgan fingerprint density at radius 1 is 1.32 bits per heavy atom. The lowest BCUT2D eigenvalue weighted by Crippen LogP contribution is -1.95. The Labute approximate surface area is 139 Å². The van der Waals surface area contributed by atoms with Crippen LogP contribution >= 0.6 is 27.3 Å². The summed E-state index contributed by atoms with van der Waals surface area (Å²) in [5.41, 5.74) is 4.71. The van der Waals surface area contributed by atoms with Crippen LogP contribution in [0.3, 0.4) is 0 Å². The number of nitrogens with one attached hydrogen (secondary N) is 1. The molecule has 0 saturated carbocycles. The second-order valence-electron chi connectivity index (χ2n) is 4.76. The van der Waals surface area contributed by atoms with E-state index in [0.29, 0.717) is 11.4 Å². The summed E-state index contributed by atoms with van der Waals surface area (Å²) in [6.07, 6.45) is 3.08. The molecule has 0 aliphatic heterocycles. The molecule has 0 spiro atoms. The fourth-order valence-corrected chi connectivity index (χ4v) is 3.43. The number of nitrogens with zero attached hydrogens (tertiary/aromatic N) is 3. The predicted molar refractivity (Wildman–Crippen MR) is 93.9 cm³/mol. The average molecular weight is 377 g/mol. The highest BCUT2D eigenvalue weighted by molar-refractivity contribution is 9.10. The van der Waals surface area contributed by atoms with Gasteiger partial charge < -0.3 is 5.11 Å². The van der Waals surface area contributed by atoms with E-state index < -0.39 is 0 Å². The van der Waals surface area contributed by atoms with Gasteiger partial charge in [0.15, 0.2) is 5.82 Å². The Hall–Kier alpha value is -1.99. The molecule has 7 heteroatoms. The first-order chi connectivity index (χ1) is 10.6. The molecule has 0 radical (unpaired) electrons. The number of hydrogen-bond acceptors (Lipinski definition) is 6. The molecule has 2 N–H and O–H groups in total. The van der Waals surface area contributed by atoms with Crippen LogP contribution in [0.25, 0.3) is 10.2 Å². The monoisotopic (exact) mass is 376 g/mol. The van der Waals surface area contributed by atoms with Crippen LogP contribution in [0.1, 0.15) is 16.0 Å². The Bertz CT molecular complexity index is 875. The molecule has 2 heterocycles. The summed E-state index contributed by atoms with van der Waals surface area (Å²) in [6, 6.07) is 5.17. The van der Waals surface area contributed by atoms with Crippen LogP contribution < -0.4 is 5.43 Å². The number of hydrazone groups is 1. The van der Waals surface area contributed by atoms with Gasteiger partial charge in [-0.2, -0.15) is 5.10 Å². The number of phenolic OH excluding ortho intramolecular Hbond substituents is 1. The highest BCUT2D eigenvalue weighted by atomic mass is 79.9. The molecule has 0 unspecified atom stereocenters. The summed E-state index contributed by atoms with van der Waals surface area (Å²) >= 11 is 5.00. The van der Waals surface area contributed by atoms with Gasteiger partial charge in [0.25, 0.3) is 0 Å². The van der Waals surface area contributed by atoms with E-state index in [0.717, 1.165) is 20.3 Å². The van der Waals surface area contributed by atoms with Gasteiger partial charge in [-0.15, -0.1) is 11.3 Å². The fourth-order valence-electron chi connectivity index (χ4n) is 2.06. The van der Waals surface area contributed by atoms with Gasteiger partial charge in [0.1, 0.15) is 16.9 Å². The van der Waals surface area contributed by atoms with Gasteiger partial charge >= 0.3 is 0 Å². The zero-order valence-electron chi connectivity index (χ0n) is 12.0. The molecular weight excluding hydrogens is 364 g/mol. The van der Waals surface area contributed by atoms with Crippen LogP contribution in [-0.2, 0) is 0 Å². The minimum absolute atomic E-state index is 0.171. The van der Waals surface area contributed by atoms with Crippen molar-refractivity contribution in [2.45, 2.75) is 13.8 Å². The lowest BCUT2D eigenvalue weighted by molar-refractivity contribution is 0.474. The zero-order chi connectivity index (χ0) is 15.7. The number of benzene rings is 1. The number of halogens is 1. The molecule has 0 atom stereocenters. The number of aryl methyl sites for hydroxylation is 2. The largest absolute Gasteiger partial charge is 0.507 e. The Balaban J connectivity index is 1.91. The molecule has 0 saturated heterocycles. The zero-order valence-corrected chi connectivity index (χ0v) is 14.4. The van der Waals surface area contributed by atoms with E-state index in [1.54, 1.807) is 35.8 Å². The maximum absolute atomic E-state index is 9.79. The van der Waals surface area contributed by atoms with E-state index in [9.17, 15) is 5.11 Å². The number of anilines is 1. The third-order valence-corrected chi connectivity index (χ3v) is 4.94. The molecule has 0 aliphatic rings. The lowest BCUT2D eigenvalue weighted by atomic mass is 10.2. The third-order valence-electron chi connectivity index (χ3n) is 3.33. The van der Waals surface area contributed by atoms with E-state index in [2.05, 4.69) is 43.3 Å². The molecule has 0 bridgehead atoms. The predicted octanol–water partition coefficient (Wildman–Crippen LogP) is 4.22. The van der Waals surface area contributed by atoms with E-state index in [1.807, 2.05) is 6.92 Å². The molecule has 2 aromatic heterocycles. The van der Waals surface area contributed by atoms with E-state index in [4.69, 9.17) is 0 Å². The minimum atomic E-state index is 0.171. The maximum Gasteiger partial charge on any atom is 0.158 e. The van der Waals surface area contributed by atoms with Crippen molar-refractivity contribution >= 4 is 49.5 Å². The average Bonchev–Trinajstić information content (AvgIpc) is 2.79. The number of fused-ring (bicyclic) bond motifs is 1. The summed E-state index contributed by atoms with van der Waals surface area (Å²) in [5.74, 6) is 0.835. The van der Waals surface area contributed by atoms with Gasteiger partial charge in [0.2, 0.25) is 0 Å². The molecule has 1 aromatic carbocycles. The first-order valence-electron chi connectivity index (χ1n) is 6.54. The molecule has 0 fully saturated rings. The molecule has 112 valence electrons. The van der Waals surface area contributed by atoms with Crippen molar-refractivity contribution in [3.63, 3.8) is 0 Å². The van der Waals surface area contributed by atoms with Crippen LogP contribution in [0.5, 0.6) is 5.75 Å². The number of thiophene rings is 1. The van der Waals surface area contributed by atoms with E-state index >= 15 is 0 Å². The van der Waals surface area contributed by atoms with Crippen molar-refractivity contribution in [1.82, 2.24) is 9.97 Å². The summed E-state index contributed by atoms with van der Waals surface area (Å²) in [5, 5.41) is 14.9. The number of phenols is 1. The van der Waals surface area contributed by atoms with Gasteiger partial charge in [0.05, 0.1) is 11.6 Å². The molecular formula is C15H13BrN4OS. The fraction of sp³-hybridized carbons (Fsp3) is 0.133. The maximum atomic E-state index is 9.79. The van der Waals surface area contributed by atoms with Gasteiger partial charge in [-0.05, 0) is 37.6 Å². The minimum Gasteiger partial charge on any atom is -0.507 e. The molecule has 3 rings (SSSR count). The standard InChI is InChI=1S/C15H13BrN4OS/c1-8-9(2)22-15-13(8)14(17-7-18-15)20-19-6-10-5-11(16)3-4-12(10)21/h3-7,21H,1-2H3,(H,17,18,20). The van der Waals surface area contributed by atoms with Gasteiger partial charge in [0, 0.05) is 14.9 Å². The quantitative estimate of drug-likeness (QED) is 0.530. The van der Waals surface area contributed by atoms with Crippen LogP contribution in [0, 0.1) is 13.8 Å². The topological polar surface area (TPSA) is 70.4 Å². The second kappa shape index (κ2) is 6.02. The van der Waals surface area contributed by atoms with Gasteiger partial charge in [-0.25, -0.2) is 9.97 Å². The molecule has 22 heavy (non-hydrogen) atoms. The van der Waals surface area contributed by atoms with E-state index in [1.165, 1.54) is 11.2 Å². The SMILES string of the molecule is Cc1sc2ncnc(NN=Cc3cc(Br)ccc3O)c2c1C. The molecule has 5 nitrogen and oxygen atoms in total. The summed E-state index contributed by atoms with van der Waals surface area (Å²) in [6.45, 7) is 4.11. The third kappa shape index (κ3) is 2.82. The highest BCUT2D eigenvalue weighted by Crippen LogP contribution is 2.32. The summed E-state index contributed by atoms with van der Waals surface area (Å²) < 4.78 is 0.875. The van der Waals surface area contributed by atoms with Crippen molar-refractivity contribution in [1.29, 1.82) is 0 Å². The Morgan fingerprint density at radius 3 is 2.95 bits per heavy atom.